The molecule has 3 aromatic heterocycles. The second-order valence-corrected chi connectivity index (χ2v) is 7.03. The molecule has 0 fully saturated rings. The molecule has 0 bridgehead atoms. The molecular formula is C19H17N5O2S. The van der Waals surface area contributed by atoms with Gasteiger partial charge in [0.05, 0.1) is 0 Å². The van der Waals surface area contributed by atoms with Gasteiger partial charge in [-0.05, 0) is 41.8 Å². The van der Waals surface area contributed by atoms with Gasteiger partial charge in [0.1, 0.15) is 5.75 Å². The van der Waals surface area contributed by atoms with E-state index in [0.29, 0.717) is 23.1 Å². The van der Waals surface area contributed by atoms with Gasteiger partial charge in [-0.15, -0.1) is 15.3 Å². The van der Waals surface area contributed by atoms with Crippen molar-refractivity contribution in [3.63, 3.8) is 0 Å². The molecule has 0 aliphatic carbocycles. The molecule has 3 heterocycles. The molecule has 27 heavy (non-hydrogen) atoms. The first-order chi connectivity index (χ1) is 13.1. The van der Waals surface area contributed by atoms with E-state index in [9.17, 15) is 4.79 Å². The van der Waals surface area contributed by atoms with Crippen LogP contribution in [0, 0.1) is 5.92 Å². The highest BCUT2D eigenvalue weighted by Gasteiger charge is 2.11. The van der Waals surface area contributed by atoms with E-state index in [0.717, 1.165) is 11.3 Å². The summed E-state index contributed by atoms with van der Waals surface area (Å²) < 4.78 is 7.50. The summed E-state index contributed by atoms with van der Waals surface area (Å²) in [5.41, 5.74) is 2.33. The molecule has 7 nitrogen and oxygen atoms in total. The second-order valence-electron chi connectivity index (χ2n) is 6.25. The van der Waals surface area contributed by atoms with Crippen molar-refractivity contribution >= 4 is 28.6 Å². The van der Waals surface area contributed by atoms with Crippen LogP contribution < -0.4 is 10.1 Å². The highest BCUT2D eigenvalue weighted by Crippen LogP contribution is 2.24. The van der Waals surface area contributed by atoms with Crippen LogP contribution in [0.5, 0.6) is 11.6 Å². The van der Waals surface area contributed by atoms with Gasteiger partial charge in [0.25, 0.3) is 0 Å². The third-order valence-electron chi connectivity index (χ3n) is 3.89. The van der Waals surface area contributed by atoms with Crippen molar-refractivity contribution in [2.75, 3.05) is 5.32 Å². The molecule has 0 radical (unpaired) electrons. The van der Waals surface area contributed by atoms with Gasteiger partial charge in [0.2, 0.25) is 11.8 Å². The lowest BCUT2D eigenvalue weighted by Crippen LogP contribution is -2.17. The van der Waals surface area contributed by atoms with E-state index >= 15 is 0 Å². The fourth-order valence-electron chi connectivity index (χ4n) is 2.41. The molecule has 0 spiro atoms. The summed E-state index contributed by atoms with van der Waals surface area (Å²) in [6, 6.07) is 12.7. The maximum atomic E-state index is 11.8. The second kappa shape index (κ2) is 7.16. The molecule has 8 heteroatoms. The maximum absolute atomic E-state index is 11.8. The van der Waals surface area contributed by atoms with Crippen molar-refractivity contribution in [2.24, 2.45) is 5.92 Å². The Bertz CT molecular complexity index is 1070. The van der Waals surface area contributed by atoms with Crippen LogP contribution in [0.1, 0.15) is 13.8 Å². The Kier molecular flexibility index (Phi) is 4.55. The number of nitrogens with one attached hydrogen (secondary N) is 1. The summed E-state index contributed by atoms with van der Waals surface area (Å²) in [5, 5.41) is 19.6. The summed E-state index contributed by atoms with van der Waals surface area (Å²) in [5.74, 6) is 1.62. The minimum Gasteiger partial charge on any atom is -0.438 e. The fraction of sp³-hybridized carbons (Fsp3) is 0.158. The molecule has 0 saturated carbocycles. The first kappa shape index (κ1) is 17.2. The van der Waals surface area contributed by atoms with E-state index < -0.39 is 0 Å². The Hall–Kier alpha value is -3.26. The van der Waals surface area contributed by atoms with Gasteiger partial charge in [-0.3, -0.25) is 4.79 Å². The minimum absolute atomic E-state index is 0.0237. The zero-order valence-corrected chi connectivity index (χ0v) is 15.6. The van der Waals surface area contributed by atoms with Gasteiger partial charge in [-0.2, -0.15) is 15.9 Å². The van der Waals surface area contributed by atoms with Crippen molar-refractivity contribution in [1.82, 2.24) is 19.8 Å². The Morgan fingerprint density at radius 3 is 2.63 bits per heavy atom. The predicted octanol–water partition coefficient (Wildman–Crippen LogP) is 4.24. The number of aromatic nitrogens is 4. The van der Waals surface area contributed by atoms with Crippen LogP contribution in [0.4, 0.5) is 5.69 Å². The molecule has 1 N–H and O–H groups in total. The highest BCUT2D eigenvalue weighted by atomic mass is 32.1. The quantitative estimate of drug-likeness (QED) is 0.561. The lowest BCUT2D eigenvalue weighted by atomic mass is 10.2. The first-order valence-corrected chi connectivity index (χ1v) is 9.38. The van der Waals surface area contributed by atoms with Crippen LogP contribution in [0.2, 0.25) is 0 Å². The Balaban J connectivity index is 1.55. The number of nitrogens with zero attached hydrogens (tertiary/aromatic N) is 4. The topological polar surface area (TPSA) is 81.4 Å². The maximum Gasteiger partial charge on any atom is 0.237 e. The van der Waals surface area contributed by atoms with Gasteiger partial charge >= 0.3 is 0 Å². The smallest absolute Gasteiger partial charge is 0.237 e. The number of amides is 1. The molecule has 4 aromatic rings. The first-order valence-electron chi connectivity index (χ1n) is 8.44. The summed E-state index contributed by atoms with van der Waals surface area (Å²) in [7, 11) is 0. The molecule has 0 unspecified atom stereocenters. The molecule has 0 aliphatic rings. The van der Waals surface area contributed by atoms with E-state index in [4.69, 9.17) is 4.74 Å². The number of fused-ring (bicyclic) bond motifs is 1. The summed E-state index contributed by atoms with van der Waals surface area (Å²) in [4.78, 5) is 11.8. The monoisotopic (exact) mass is 379 g/mol. The minimum atomic E-state index is -0.0712. The van der Waals surface area contributed by atoms with Crippen molar-refractivity contribution in [3.05, 3.63) is 53.2 Å². The average molecular weight is 379 g/mol. The van der Waals surface area contributed by atoms with Gasteiger partial charge in [0.15, 0.2) is 11.5 Å². The Morgan fingerprint density at radius 2 is 1.93 bits per heavy atom. The third kappa shape index (κ3) is 3.65. The van der Waals surface area contributed by atoms with E-state index in [1.54, 1.807) is 46.2 Å². The van der Waals surface area contributed by atoms with Gasteiger partial charge in [-0.1, -0.05) is 13.8 Å². The largest absolute Gasteiger partial charge is 0.438 e. The van der Waals surface area contributed by atoms with E-state index in [1.165, 1.54) is 0 Å². The lowest BCUT2D eigenvalue weighted by Gasteiger charge is -2.09. The molecule has 0 saturated heterocycles. The van der Waals surface area contributed by atoms with Crippen LogP contribution >= 0.6 is 11.3 Å². The lowest BCUT2D eigenvalue weighted by molar-refractivity contribution is -0.118. The molecule has 0 aliphatic heterocycles. The van der Waals surface area contributed by atoms with Crippen molar-refractivity contribution in [3.8, 4) is 23.0 Å². The fourth-order valence-corrected chi connectivity index (χ4v) is 3.05. The molecule has 4 rings (SSSR count). The number of thiophene rings is 1. The number of rotatable bonds is 5. The number of ether oxygens (including phenoxy) is 1. The molecular weight excluding hydrogens is 362 g/mol. The molecule has 1 aromatic carbocycles. The zero-order valence-electron chi connectivity index (χ0n) is 14.8. The normalized spacial score (nSPS) is 11.1. The van der Waals surface area contributed by atoms with Gasteiger partial charge in [0, 0.05) is 28.6 Å². The van der Waals surface area contributed by atoms with E-state index in [2.05, 4.69) is 20.6 Å². The zero-order chi connectivity index (χ0) is 18.8. The van der Waals surface area contributed by atoms with Crippen molar-refractivity contribution in [2.45, 2.75) is 13.8 Å². The number of benzene rings is 1. The van der Waals surface area contributed by atoms with Crippen molar-refractivity contribution < 1.29 is 9.53 Å². The Labute approximate surface area is 159 Å². The predicted molar refractivity (Wildman–Crippen MR) is 104 cm³/mol. The van der Waals surface area contributed by atoms with Gasteiger partial charge in [-0.25, -0.2) is 0 Å². The summed E-state index contributed by atoms with van der Waals surface area (Å²) in [6.07, 6.45) is 0. The number of carbonyl (C=O) groups is 1. The SMILES string of the molecule is CC(C)C(=O)Nc1ccc(Oc2ccc3nnc(-c4ccsc4)n3n2)cc1. The summed E-state index contributed by atoms with van der Waals surface area (Å²) >= 11 is 1.59. The van der Waals surface area contributed by atoms with Crippen LogP contribution in [-0.2, 0) is 4.79 Å². The molecule has 1 amide bonds. The van der Waals surface area contributed by atoms with E-state index in [1.807, 2.05) is 36.7 Å². The number of anilines is 1. The van der Waals surface area contributed by atoms with Crippen LogP contribution in [0.15, 0.2) is 53.2 Å². The standard InChI is InChI=1S/C19H17N5O2S/c1-12(2)19(25)20-14-3-5-15(6-4-14)26-17-8-7-16-21-22-18(24(16)23-17)13-9-10-27-11-13/h3-12H,1-2H3,(H,20,25). The van der Waals surface area contributed by atoms with Crippen LogP contribution in [0.3, 0.4) is 0 Å². The third-order valence-corrected chi connectivity index (χ3v) is 4.57. The van der Waals surface area contributed by atoms with Gasteiger partial charge < -0.3 is 10.1 Å². The molecule has 136 valence electrons. The van der Waals surface area contributed by atoms with Crippen LogP contribution in [0.25, 0.3) is 17.0 Å². The van der Waals surface area contributed by atoms with Crippen molar-refractivity contribution in [1.29, 1.82) is 0 Å². The van der Waals surface area contributed by atoms with E-state index in [-0.39, 0.29) is 11.8 Å². The van der Waals surface area contributed by atoms with Crippen LogP contribution in [-0.4, -0.2) is 25.7 Å². The molecule has 0 atom stereocenters. The Morgan fingerprint density at radius 1 is 1.11 bits per heavy atom. The highest BCUT2D eigenvalue weighted by molar-refractivity contribution is 7.08. The average Bonchev–Trinajstić information content (AvgIpc) is 3.32. The number of hydrogen-bond donors (Lipinski definition) is 1. The number of carbonyl (C=O) groups excluding carboxylic acids is 1. The summed E-state index contributed by atoms with van der Waals surface area (Å²) in [6.45, 7) is 3.70. The number of hydrogen-bond acceptors (Lipinski definition) is 6.